The van der Waals surface area contributed by atoms with E-state index in [0.717, 1.165) is 36.9 Å². The lowest BCUT2D eigenvalue weighted by atomic mass is 10.3. The van der Waals surface area contributed by atoms with Crippen LogP contribution < -0.4 is 15.4 Å². The molecule has 6 nitrogen and oxygen atoms in total. The van der Waals surface area contributed by atoms with E-state index in [2.05, 4.69) is 15.6 Å². The van der Waals surface area contributed by atoms with Crippen molar-refractivity contribution in [2.45, 2.75) is 12.8 Å². The van der Waals surface area contributed by atoms with Crippen LogP contribution in [0.4, 0.5) is 0 Å². The summed E-state index contributed by atoms with van der Waals surface area (Å²) >= 11 is 0. The number of ether oxygens (including phenoxy) is 2. The SMILES string of the molecule is COCCNC(=NCCCOc1ccccc1)NCCc1ccco1. The van der Waals surface area contributed by atoms with Crippen molar-refractivity contribution in [1.82, 2.24) is 10.6 Å². The van der Waals surface area contributed by atoms with Crippen molar-refractivity contribution in [3.05, 3.63) is 54.5 Å². The zero-order valence-electron chi connectivity index (χ0n) is 14.7. The van der Waals surface area contributed by atoms with E-state index in [1.807, 2.05) is 42.5 Å². The molecule has 0 saturated carbocycles. The largest absolute Gasteiger partial charge is 0.494 e. The van der Waals surface area contributed by atoms with E-state index in [9.17, 15) is 0 Å². The molecule has 0 amide bonds. The fourth-order valence-electron chi connectivity index (χ4n) is 2.17. The molecule has 0 spiro atoms. The summed E-state index contributed by atoms with van der Waals surface area (Å²) < 4.78 is 16.1. The molecular formula is C19H27N3O3. The molecule has 1 heterocycles. The highest BCUT2D eigenvalue weighted by Gasteiger charge is 2.00. The first kappa shape index (κ1) is 18.9. The zero-order chi connectivity index (χ0) is 17.6. The first-order chi connectivity index (χ1) is 12.4. The molecule has 0 aliphatic carbocycles. The summed E-state index contributed by atoms with van der Waals surface area (Å²) in [5, 5.41) is 6.56. The van der Waals surface area contributed by atoms with Crippen LogP contribution >= 0.6 is 0 Å². The second-order valence-electron chi connectivity index (χ2n) is 5.42. The summed E-state index contributed by atoms with van der Waals surface area (Å²) in [7, 11) is 1.68. The van der Waals surface area contributed by atoms with Gasteiger partial charge in [0.2, 0.25) is 0 Å². The molecule has 0 unspecified atom stereocenters. The number of benzene rings is 1. The number of aliphatic imine (C=N–C) groups is 1. The van der Waals surface area contributed by atoms with E-state index < -0.39 is 0 Å². The fraction of sp³-hybridized carbons (Fsp3) is 0.421. The van der Waals surface area contributed by atoms with E-state index in [1.54, 1.807) is 13.4 Å². The molecule has 0 atom stereocenters. The van der Waals surface area contributed by atoms with Gasteiger partial charge in [0.25, 0.3) is 0 Å². The maximum Gasteiger partial charge on any atom is 0.191 e. The molecule has 2 N–H and O–H groups in total. The zero-order valence-corrected chi connectivity index (χ0v) is 14.7. The Bertz CT molecular complexity index is 585. The average Bonchev–Trinajstić information content (AvgIpc) is 3.15. The molecule has 1 aromatic carbocycles. The predicted molar refractivity (Wildman–Crippen MR) is 99.1 cm³/mol. The summed E-state index contributed by atoms with van der Waals surface area (Å²) in [6, 6.07) is 13.7. The number of hydrogen-bond donors (Lipinski definition) is 2. The highest BCUT2D eigenvalue weighted by atomic mass is 16.5. The lowest BCUT2D eigenvalue weighted by molar-refractivity contribution is 0.203. The number of nitrogens with one attached hydrogen (secondary N) is 2. The number of methoxy groups -OCH3 is 1. The van der Waals surface area contributed by atoms with Gasteiger partial charge in [-0.15, -0.1) is 0 Å². The Morgan fingerprint density at radius 3 is 2.64 bits per heavy atom. The standard InChI is InChI=1S/C19H27N3O3/c1-23-16-13-22-19(21-12-10-18-9-5-14-24-18)20-11-6-15-25-17-7-3-2-4-8-17/h2-5,7-9,14H,6,10-13,15-16H2,1H3,(H2,20,21,22). The van der Waals surface area contributed by atoms with Gasteiger partial charge in [-0.1, -0.05) is 18.2 Å². The molecule has 25 heavy (non-hydrogen) atoms. The molecular weight excluding hydrogens is 318 g/mol. The van der Waals surface area contributed by atoms with Gasteiger partial charge in [-0.2, -0.15) is 0 Å². The topological polar surface area (TPSA) is 68.0 Å². The molecule has 0 aliphatic rings. The van der Waals surface area contributed by atoms with E-state index in [0.29, 0.717) is 26.3 Å². The van der Waals surface area contributed by atoms with Gasteiger partial charge in [0.1, 0.15) is 11.5 Å². The van der Waals surface area contributed by atoms with Gasteiger partial charge in [0, 0.05) is 39.6 Å². The Morgan fingerprint density at radius 1 is 1.04 bits per heavy atom. The van der Waals surface area contributed by atoms with Gasteiger partial charge < -0.3 is 24.5 Å². The van der Waals surface area contributed by atoms with Crippen molar-refractivity contribution in [1.29, 1.82) is 0 Å². The first-order valence-electron chi connectivity index (χ1n) is 8.60. The first-order valence-corrected chi connectivity index (χ1v) is 8.60. The van der Waals surface area contributed by atoms with Crippen LogP contribution in [-0.4, -0.2) is 45.9 Å². The van der Waals surface area contributed by atoms with E-state index >= 15 is 0 Å². The van der Waals surface area contributed by atoms with E-state index in [1.165, 1.54) is 0 Å². The Hall–Kier alpha value is -2.47. The van der Waals surface area contributed by atoms with Crippen LogP contribution in [-0.2, 0) is 11.2 Å². The summed E-state index contributed by atoms with van der Waals surface area (Å²) in [5.74, 6) is 2.63. The van der Waals surface area contributed by atoms with Gasteiger partial charge in [0.15, 0.2) is 5.96 Å². The normalized spacial score (nSPS) is 11.3. The number of rotatable bonds is 11. The summed E-state index contributed by atoms with van der Waals surface area (Å²) in [6.07, 6.45) is 3.35. The summed E-state index contributed by atoms with van der Waals surface area (Å²) in [5.41, 5.74) is 0. The quantitative estimate of drug-likeness (QED) is 0.372. The number of para-hydroxylation sites is 1. The Balaban J connectivity index is 1.68. The van der Waals surface area contributed by atoms with E-state index in [-0.39, 0.29) is 0 Å². The van der Waals surface area contributed by atoms with Crippen LogP contribution in [0.25, 0.3) is 0 Å². The molecule has 1 aromatic heterocycles. The highest BCUT2D eigenvalue weighted by molar-refractivity contribution is 5.79. The second kappa shape index (κ2) is 12.0. The summed E-state index contributed by atoms with van der Waals surface area (Å²) in [4.78, 5) is 4.57. The number of hydrogen-bond acceptors (Lipinski definition) is 4. The third-order valence-electron chi connectivity index (χ3n) is 3.43. The van der Waals surface area contributed by atoms with Crippen LogP contribution in [0.3, 0.4) is 0 Å². The Labute approximate surface area is 149 Å². The van der Waals surface area contributed by atoms with E-state index in [4.69, 9.17) is 13.9 Å². The maximum absolute atomic E-state index is 5.67. The highest BCUT2D eigenvalue weighted by Crippen LogP contribution is 2.08. The van der Waals surface area contributed by atoms with Crippen molar-refractivity contribution in [2.75, 3.05) is 40.0 Å². The predicted octanol–water partition coefficient (Wildman–Crippen LogP) is 2.47. The second-order valence-corrected chi connectivity index (χ2v) is 5.42. The van der Waals surface area contributed by atoms with Crippen molar-refractivity contribution < 1.29 is 13.9 Å². The van der Waals surface area contributed by atoms with Crippen LogP contribution in [0.15, 0.2) is 58.1 Å². The monoisotopic (exact) mass is 345 g/mol. The fourth-order valence-corrected chi connectivity index (χ4v) is 2.17. The molecule has 0 saturated heterocycles. The summed E-state index contributed by atoms with van der Waals surface area (Å²) in [6.45, 7) is 3.44. The molecule has 0 fully saturated rings. The number of furan rings is 1. The minimum atomic E-state index is 0.635. The average molecular weight is 345 g/mol. The van der Waals surface area contributed by atoms with Crippen LogP contribution in [0, 0.1) is 0 Å². The van der Waals surface area contributed by atoms with Crippen molar-refractivity contribution in [3.8, 4) is 5.75 Å². The number of guanidine groups is 1. The molecule has 2 rings (SSSR count). The smallest absolute Gasteiger partial charge is 0.191 e. The molecule has 2 aromatic rings. The lowest BCUT2D eigenvalue weighted by Crippen LogP contribution is -2.40. The van der Waals surface area contributed by atoms with Gasteiger partial charge in [-0.25, -0.2) is 0 Å². The Kier molecular flexibility index (Phi) is 9.03. The third kappa shape index (κ3) is 8.26. The molecule has 0 bridgehead atoms. The maximum atomic E-state index is 5.67. The van der Waals surface area contributed by atoms with Crippen LogP contribution in [0.5, 0.6) is 5.75 Å². The minimum absolute atomic E-state index is 0.635. The molecule has 6 heteroatoms. The van der Waals surface area contributed by atoms with Crippen LogP contribution in [0.1, 0.15) is 12.2 Å². The molecule has 0 radical (unpaired) electrons. The molecule has 136 valence electrons. The number of nitrogens with zero attached hydrogens (tertiary/aromatic N) is 1. The van der Waals surface area contributed by atoms with Crippen LogP contribution in [0.2, 0.25) is 0 Å². The van der Waals surface area contributed by atoms with Gasteiger partial charge in [-0.05, 0) is 24.3 Å². The van der Waals surface area contributed by atoms with Crippen molar-refractivity contribution in [3.63, 3.8) is 0 Å². The van der Waals surface area contributed by atoms with Gasteiger partial charge in [-0.3, -0.25) is 4.99 Å². The third-order valence-corrected chi connectivity index (χ3v) is 3.43. The van der Waals surface area contributed by atoms with Gasteiger partial charge >= 0.3 is 0 Å². The van der Waals surface area contributed by atoms with Crippen molar-refractivity contribution in [2.24, 2.45) is 4.99 Å². The van der Waals surface area contributed by atoms with Gasteiger partial charge in [0.05, 0.1) is 19.5 Å². The molecule has 0 aliphatic heterocycles. The Morgan fingerprint density at radius 2 is 1.88 bits per heavy atom. The van der Waals surface area contributed by atoms with Crippen molar-refractivity contribution >= 4 is 5.96 Å². The lowest BCUT2D eigenvalue weighted by Gasteiger charge is -2.12. The minimum Gasteiger partial charge on any atom is -0.494 e.